The van der Waals surface area contributed by atoms with Gasteiger partial charge in [-0.2, -0.15) is 0 Å². The van der Waals surface area contributed by atoms with Crippen LogP contribution in [-0.4, -0.2) is 41.3 Å². The maximum Gasteiger partial charge on any atom is 0.461 e. The Morgan fingerprint density at radius 3 is 1.79 bits per heavy atom. The smallest absolute Gasteiger partial charge is 0.403 e. The number of rotatable bonds is 7. The van der Waals surface area contributed by atoms with Gasteiger partial charge in [-0.25, -0.2) is 0 Å². The summed E-state index contributed by atoms with van der Waals surface area (Å²) >= 11 is 11.1. The maximum atomic E-state index is 8.81. The SMILES string of the molecule is CC1(C)OB([C@@H]2CC2CCCCl)OC1(C)C.O[C@@H]1CC1CCCCl. The Labute approximate surface area is 157 Å². The first kappa shape index (κ1) is 20.8. The van der Waals surface area contributed by atoms with Crippen LogP contribution in [0.4, 0.5) is 0 Å². The third-order valence-corrected chi connectivity index (χ3v) is 6.44. The van der Waals surface area contributed by atoms with E-state index in [0.717, 1.165) is 43.4 Å². The number of alkyl halides is 2. The average Bonchev–Trinajstić information content (AvgIpc) is 3.38. The molecule has 1 aliphatic heterocycles. The molecule has 1 N–H and O–H groups in total. The van der Waals surface area contributed by atoms with Crippen molar-refractivity contribution in [3.63, 3.8) is 0 Å². The number of hydrogen-bond donors (Lipinski definition) is 1. The molecule has 3 fully saturated rings. The van der Waals surface area contributed by atoms with Crippen molar-refractivity contribution in [3.05, 3.63) is 0 Å². The van der Waals surface area contributed by atoms with E-state index in [0.29, 0.717) is 11.7 Å². The van der Waals surface area contributed by atoms with Crippen LogP contribution in [-0.2, 0) is 9.31 Å². The van der Waals surface area contributed by atoms with Crippen molar-refractivity contribution in [2.75, 3.05) is 11.8 Å². The van der Waals surface area contributed by atoms with E-state index in [-0.39, 0.29) is 24.4 Å². The molecular weight excluding hydrogens is 346 g/mol. The summed E-state index contributed by atoms with van der Waals surface area (Å²) in [6.07, 6.45) is 6.78. The highest BCUT2D eigenvalue weighted by Crippen LogP contribution is 2.54. The second-order valence-corrected chi connectivity index (χ2v) is 9.27. The summed E-state index contributed by atoms with van der Waals surface area (Å²) in [6, 6.07) is 0. The average molecular weight is 379 g/mol. The highest BCUT2D eigenvalue weighted by molar-refractivity contribution is 6.48. The van der Waals surface area contributed by atoms with Crippen LogP contribution in [0.2, 0.25) is 5.82 Å². The molecule has 1 saturated heterocycles. The Bertz CT molecular complexity index is 390. The van der Waals surface area contributed by atoms with Crippen molar-refractivity contribution >= 4 is 30.3 Å². The molecule has 2 unspecified atom stereocenters. The molecule has 0 aromatic carbocycles. The standard InChI is InChI=1S/C12H22BClO2.C6H11ClO/c1-11(2)12(3,4)16-13(15-11)10-8-9(10)6-5-7-14;7-3-1-2-5-4-6(5)8/h9-10H,5-8H2,1-4H3;5-6,8H,1-4H2/t9?,10-;5?,6-/m11/s1. The minimum absolute atomic E-state index is 0.00493. The molecule has 0 aromatic rings. The number of hydrogen-bond acceptors (Lipinski definition) is 3. The molecule has 2 saturated carbocycles. The van der Waals surface area contributed by atoms with Crippen LogP contribution in [0.3, 0.4) is 0 Å². The van der Waals surface area contributed by atoms with Crippen LogP contribution in [0.5, 0.6) is 0 Å². The summed E-state index contributed by atoms with van der Waals surface area (Å²) in [5.41, 5.74) is -0.366. The van der Waals surface area contributed by atoms with Crippen LogP contribution in [0.15, 0.2) is 0 Å². The molecule has 1 heterocycles. The van der Waals surface area contributed by atoms with E-state index in [1.54, 1.807) is 0 Å². The summed E-state index contributed by atoms with van der Waals surface area (Å²) in [7, 11) is 0.00493. The summed E-state index contributed by atoms with van der Waals surface area (Å²) in [5.74, 6) is 3.47. The molecule has 3 aliphatic rings. The summed E-state index contributed by atoms with van der Waals surface area (Å²) < 4.78 is 12.1. The van der Waals surface area contributed by atoms with Gasteiger partial charge in [0.05, 0.1) is 17.3 Å². The molecule has 3 nitrogen and oxygen atoms in total. The van der Waals surface area contributed by atoms with E-state index < -0.39 is 0 Å². The topological polar surface area (TPSA) is 38.7 Å². The zero-order valence-corrected chi connectivity index (χ0v) is 17.1. The maximum absolute atomic E-state index is 8.81. The van der Waals surface area contributed by atoms with E-state index in [2.05, 4.69) is 27.7 Å². The molecule has 0 radical (unpaired) electrons. The molecule has 24 heavy (non-hydrogen) atoms. The van der Waals surface area contributed by atoms with Crippen molar-refractivity contribution in [1.29, 1.82) is 0 Å². The molecule has 3 rings (SSSR count). The predicted octanol–water partition coefficient (Wildman–Crippen LogP) is 4.87. The normalized spacial score (nSPS) is 35.4. The molecule has 140 valence electrons. The molecule has 0 bridgehead atoms. The molecule has 2 aliphatic carbocycles. The lowest BCUT2D eigenvalue weighted by molar-refractivity contribution is 0.00578. The van der Waals surface area contributed by atoms with Crippen molar-refractivity contribution in [1.82, 2.24) is 0 Å². The zero-order valence-electron chi connectivity index (χ0n) is 15.6. The fourth-order valence-electron chi connectivity index (χ4n) is 3.22. The minimum Gasteiger partial charge on any atom is -0.403 e. The highest BCUT2D eigenvalue weighted by Gasteiger charge is 2.59. The van der Waals surface area contributed by atoms with Gasteiger partial charge in [-0.1, -0.05) is 0 Å². The summed E-state index contributed by atoms with van der Waals surface area (Å²) in [5, 5.41) is 8.81. The van der Waals surface area contributed by atoms with Gasteiger partial charge in [0, 0.05) is 11.8 Å². The number of halogens is 2. The third-order valence-electron chi connectivity index (χ3n) is 5.90. The van der Waals surface area contributed by atoms with E-state index in [9.17, 15) is 0 Å². The van der Waals surface area contributed by atoms with Gasteiger partial charge in [-0.05, 0) is 83.9 Å². The van der Waals surface area contributed by atoms with Gasteiger partial charge in [0.15, 0.2) is 0 Å². The monoisotopic (exact) mass is 378 g/mol. The first-order valence-electron chi connectivity index (χ1n) is 9.37. The van der Waals surface area contributed by atoms with Gasteiger partial charge in [-0.3, -0.25) is 0 Å². The van der Waals surface area contributed by atoms with Crippen LogP contribution in [0.1, 0.15) is 66.2 Å². The lowest BCUT2D eigenvalue weighted by Gasteiger charge is -2.32. The van der Waals surface area contributed by atoms with Crippen LogP contribution < -0.4 is 0 Å². The van der Waals surface area contributed by atoms with E-state index in [4.69, 9.17) is 37.6 Å². The molecule has 0 amide bonds. The summed E-state index contributed by atoms with van der Waals surface area (Å²) in [6.45, 7) is 8.46. The molecule has 6 heteroatoms. The number of aliphatic hydroxyl groups is 1. The van der Waals surface area contributed by atoms with Gasteiger partial charge >= 0.3 is 7.12 Å². The zero-order chi connectivity index (χ0) is 18.0. The second kappa shape index (κ2) is 8.48. The molecule has 4 atom stereocenters. The fraction of sp³-hybridized carbons (Fsp3) is 1.00. The predicted molar refractivity (Wildman–Crippen MR) is 102 cm³/mol. The first-order valence-corrected chi connectivity index (χ1v) is 10.4. The third kappa shape index (κ3) is 5.51. The van der Waals surface area contributed by atoms with Crippen LogP contribution in [0.25, 0.3) is 0 Å². The Hall–Kier alpha value is 0.525. The van der Waals surface area contributed by atoms with Gasteiger partial charge in [0.1, 0.15) is 0 Å². The van der Waals surface area contributed by atoms with Crippen molar-refractivity contribution < 1.29 is 14.4 Å². The Balaban J connectivity index is 0.000000219. The van der Waals surface area contributed by atoms with Gasteiger partial charge in [0.2, 0.25) is 0 Å². The van der Waals surface area contributed by atoms with Crippen molar-refractivity contribution in [2.24, 2.45) is 11.8 Å². The largest absolute Gasteiger partial charge is 0.461 e. The Morgan fingerprint density at radius 2 is 1.38 bits per heavy atom. The lowest BCUT2D eigenvalue weighted by atomic mass is 9.80. The van der Waals surface area contributed by atoms with E-state index >= 15 is 0 Å². The van der Waals surface area contributed by atoms with E-state index in [1.165, 1.54) is 12.8 Å². The minimum atomic E-state index is -0.183. The second-order valence-electron chi connectivity index (χ2n) is 8.51. The highest BCUT2D eigenvalue weighted by atomic mass is 35.5. The van der Waals surface area contributed by atoms with Gasteiger partial charge in [-0.15, -0.1) is 23.2 Å². The van der Waals surface area contributed by atoms with Crippen molar-refractivity contribution in [2.45, 2.75) is 89.3 Å². The molecule has 0 aromatic heterocycles. The number of aliphatic hydroxyl groups excluding tert-OH is 1. The van der Waals surface area contributed by atoms with Gasteiger partial charge in [0.25, 0.3) is 0 Å². The van der Waals surface area contributed by atoms with Crippen LogP contribution in [0, 0.1) is 11.8 Å². The van der Waals surface area contributed by atoms with Crippen molar-refractivity contribution in [3.8, 4) is 0 Å². The van der Waals surface area contributed by atoms with Gasteiger partial charge < -0.3 is 14.4 Å². The van der Waals surface area contributed by atoms with Crippen LogP contribution >= 0.6 is 23.2 Å². The first-order chi connectivity index (χ1) is 11.2. The Morgan fingerprint density at radius 1 is 0.917 bits per heavy atom. The summed E-state index contributed by atoms with van der Waals surface area (Å²) in [4.78, 5) is 0. The quantitative estimate of drug-likeness (QED) is 0.507. The molecule has 0 spiro atoms. The lowest BCUT2D eigenvalue weighted by Crippen LogP contribution is -2.41. The Kier molecular flexibility index (Phi) is 7.36. The molecular formula is C18H33BCl2O3. The fourth-order valence-corrected chi connectivity index (χ4v) is 3.53. The van der Waals surface area contributed by atoms with E-state index in [1.807, 2.05) is 0 Å².